The smallest absolute Gasteiger partial charge is 0.309 e. The van der Waals surface area contributed by atoms with Gasteiger partial charge in [0.25, 0.3) is 0 Å². The highest BCUT2D eigenvalue weighted by Crippen LogP contribution is 2.26. The van der Waals surface area contributed by atoms with Crippen LogP contribution in [-0.4, -0.2) is 21.8 Å². The van der Waals surface area contributed by atoms with Crippen molar-refractivity contribution in [3.63, 3.8) is 0 Å². The van der Waals surface area contributed by atoms with E-state index in [0.29, 0.717) is 17.9 Å². The Morgan fingerprint density at radius 3 is 2.35 bits per heavy atom. The lowest BCUT2D eigenvalue weighted by molar-refractivity contribution is -0.151. The van der Waals surface area contributed by atoms with E-state index in [-0.39, 0.29) is 0 Å². The van der Waals surface area contributed by atoms with Crippen LogP contribution < -0.4 is 0 Å². The van der Waals surface area contributed by atoms with Crippen molar-refractivity contribution in [1.29, 1.82) is 0 Å². The molecule has 0 aliphatic carbocycles. The maximum atomic E-state index is 11.0. The highest BCUT2D eigenvalue weighted by molar-refractivity contribution is 6.30. The maximum absolute atomic E-state index is 11.0. The van der Waals surface area contributed by atoms with E-state index < -0.39 is 17.5 Å². The van der Waals surface area contributed by atoms with Gasteiger partial charge in [0, 0.05) is 11.4 Å². The van der Waals surface area contributed by atoms with Crippen LogP contribution in [0, 0.1) is 5.92 Å². The van der Waals surface area contributed by atoms with Gasteiger partial charge >= 0.3 is 5.97 Å². The monoisotopic (exact) mass is 256 g/mol. The molecule has 0 bridgehead atoms. The molecule has 0 aliphatic rings. The lowest BCUT2D eigenvalue weighted by Crippen LogP contribution is -2.41. The number of carbonyl (C=O) groups is 1. The number of halogens is 1. The molecular weight excluding hydrogens is 240 g/mol. The van der Waals surface area contributed by atoms with E-state index in [1.54, 1.807) is 38.1 Å². The van der Waals surface area contributed by atoms with E-state index in [0.717, 1.165) is 5.56 Å². The minimum atomic E-state index is -1.26. The Labute approximate surface area is 106 Å². The molecule has 4 heteroatoms. The Morgan fingerprint density at radius 2 is 1.94 bits per heavy atom. The van der Waals surface area contributed by atoms with Gasteiger partial charge < -0.3 is 10.2 Å². The SMILES string of the molecule is CCC(C(=O)O)C(C)(O)Cc1ccc(Cl)cc1. The summed E-state index contributed by atoms with van der Waals surface area (Å²) in [5, 5.41) is 19.9. The Kier molecular flexibility index (Phi) is 4.54. The fraction of sp³-hybridized carbons (Fsp3) is 0.462. The second-order valence-corrected chi connectivity index (χ2v) is 4.90. The molecule has 0 saturated carbocycles. The van der Waals surface area contributed by atoms with Crippen LogP contribution in [0.15, 0.2) is 24.3 Å². The van der Waals surface area contributed by atoms with Crippen LogP contribution in [0.3, 0.4) is 0 Å². The van der Waals surface area contributed by atoms with E-state index in [1.165, 1.54) is 0 Å². The van der Waals surface area contributed by atoms with Crippen LogP contribution in [0.1, 0.15) is 25.8 Å². The Hall–Kier alpha value is -1.06. The van der Waals surface area contributed by atoms with Crippen LogP contribution in [-0.2, 0) is 11.2 Å². The number of carboxylic acids is 1. The molecular formula is C13H17ClO3. The first-order valence-electron chi connectivity index (χ1n) is 5.56. The number of aliphatic carboxylic acids is 1. The molecule has 2 N–H and O–H groups in total. The fourth-order valence-electron chi connectivity index (χ4n) is 2.02. The van der Waals surface area contributed by atoms with Gasteiger partial charge in [-0.1, -0.05) is 30.7 Å². The van der Waals surface area contributed by atoms with Gasteiger partial charge in [0.15, 0.2) is 0 Å². The predicted octanol–water partition coefficient (Wildman–Crippen LogP) is 2.74. The van der Waals surface area contributed by atoms with Crippen molar-refractivity contribution in [2.24, 2.45) is 5.92 Å². The summed E-state index contributed by atoms with van der Waals surface area (Å²) < 4.78 is 0. The Balaban J connectivity index is 2.84. The number of benzene rings is 1. The summed E-state index contributed by atoms with van der Waals surface area (Å²) >= 11 is 5.77. The molecule has 94 valence electrons. The van der Waals surface area contributed by atoms with Crippen LogP contribution in [0.4, 0.5) is 0 Å². The summed E-state index contributed by atoms with van der Waals surface area (Å²) in [6.07, 6.45) is 0.699. The van der Waals surface area contributed by atoms with Crippen LogP contribution >= 0.6 is 11.6 Å². The molecule has 17 heavy (non-hydrogen) atoms. The van der Waals surface area contributed by atoms with Crippen molar-refractivity contribution in [3.05, 3.63) is 34.9 Å². The average molecular weight is 257 g/mol. The number of hydrogen-bond donors (Lipinski definition) is 2. The normalized spacial score (nSPS) is 16.2. The molecule has 0 spiro atoms. The summed E-state index contributed by atoms with van der Waals surface area (Å²) in [6.45, 7) is 3.32. The first kappa shape index (κ1) is 14.0. The molecule has 1 aromatic rings. The molecule has 1 rings (SSSR count). The highest BCUT2D eigenvalue weighted by Gasteiger charge is 2.36. The molecule has 0 amide bonds. The predicted molar refractivity (Wildman–Crippen MR) is 67.2 cm³/mol. The summed E-state index contributed by atoms with van der Waals surface area (Å²) in [6, 6.07) is 7.06. The first-order chi connectivity index (χ1) is 7.86. The molecule has 0 radical (unpaired) electrons. The van der Waals surface area contributed by atoms with Crippen LogP contribution in [0.2, 0.25) is 5.02 Å². The van der Waals surface area contributed by atoms with Crippen molar-refractivity contribution in [2.45, 2.75) is 32.3 Å². The molecule has 3 nitrogen and oxygen atoms in total. The third kappa shape index (κ3) is 3.72. The highest BCUT2D eigenvalue weighted by atomic mass is 35.5. The van der Waals surface area contributed by atoms with Gasteiger partial charge in [-0.2, -0.15) is 0 Å². The minimum Gasteiger partial charge on any atom is -0.481 e. The number of carboxylic acid groups (broad SMARTS) is 1. The summed E-state index contributed by atoms with van der Waals surface area (Å²) in [5.41, 5.74) is -0.381. The second-order valence-electron chi connectivity index (χ2n) is 4.46. The molecule has 2 unspecified atom stereocenters. The molecule has 0 heterocycles. The zero-order valence-electron chi connectivity index (χ0n) is 9.98. The Morgan fingerprint density at radius 1 is 1.41 bits per heavy atom. The summed E-state index contributed by atoms with van der Waals surface area (Å²) in [7, 11) is 0. The van der Waals surface area contributed by atoms with Gasteiger partial charge in [-0.15, -0.1) is 0 Å². The van der Waals surface area contributed by atoms with Gasteiger partial charge in [-0.3, -0.25) is 4.79 Å². The van der Waals surface area contributed by atoms with Gasteiger partial charge in [-0.05, 0) is 31.0 Å². The molecule has 0 fully saturated rings. The van der Waals surface area contributed by atoms with E-state index in [4.69, 9.17) is 16.7 Å². The number of rotatable bonds is 5. The fourth-order valence-corrected chi connectivity index (χ4v) is 2.15. The van der Waals surface area contributed by atoms with E-state index in [2.05, 4.69) is 0 Å². The quantitative estimate of drug-likeness (QED) is 0.852. The van der Waals surface area contributed by atoms with Crippen molar-refractivity contribution in [2.75, 3.05) is 0 Å². The molecule has 0 aromatic heterocycles. The zero-order valence-corrected chi connectivity index (χ0v) is 10.7. The topological polar surface area (TPSA) is 57.5 Å². The third-order valence-electron chi connectivity index (χ3n) is 2.93. The van der Waals surface area contributed by atoms with Gasteiger partial charge in [-0.25, -0.2) is 0 Å². The number of aliphatic hydroxyl groups is 1. The first-order valence-corrected chi connectivity index (χ1v) is 5.94. The molecule has 1 aromatic carbocycles. The van der Waals surface area contributed by atoms with Crippen molar-refractivity contribution >= 4 is 17.6 Å². The Bertz CT molecular complexity index is 384. The van der Waals surface area contributed by atoms with Crippen molar-refractivity contribution in [3.8, 4) is 0 Å². The average Bonchev–Trinajstić information content (AvgIpc) is 2.21. The zero-order chi connectivity index (χ0) is 13.1. The van der Waals surface area contributed by atoms with E-state index >= 15 is 0 Å². The molecule has 0 aliphatic heterocycles. The van der Waals surface area contributed by atoms with Crippen molar-refractivity contribution < 1.29 is 15.0 Å². The standard InChI is InChI=1S/C13H17ClO3/c1-3-11(12(15)16)13(2,17)8-9-4-6-10(14)7-5-9/h4-7,11,17H,3,8H2,1-2H3,(H,15,16). The molecule has 0 saturated heterocycles. The lowest BCUT2D eigenvalue weighted by atomic mass is 9.82. The minimum absolute atomic E-state index is 0.301. The number of hydrogen-bond acceptors (Lipinski definition) is 2. The van der Waals surface area contributed by atoms with Gasteiger partial charge in [0.2, 0.25) is 0 Å². The van der Waals surface area contributed by atoms with E-state index in [9.17, 15) is 9.90 Å². The molecule has 2 atom stereocenters. The van der Waals surface area contributed by atoms with Crippen LogP contribution in [0.5, 0.6) is 0 Å². The summed E-state index contributed by atoms with van der Waals surface area (Å²) in [4.78, 5) is 11.0. The van der Waals surface area contributed by atoms with Gasteiger partial charge in [0.05, 0.1) is 11.5 Å². The van der Waals surface area contributed by atoms with Gasteiger partial charge in [0.1, 0.15) is 0 Å². The summed E-state index contributed by atoms with van der Waals surface area (Å²) in [5.74, 6) is -1.73. The van der Waals surface area contributed by atoms with E-state index in [1.807, 2.05) is 0 Å². The lowest BCUT2D eigenvalue weighted by Gasteiger charge is -2.29. The van der Waals surface area contributed by atoms with Crippen LogP contribution in [0.25, 0.3) is 0 Å². The van der Waals surface area contributed by atoms with Crippen molar-refractivity contribution in [1.82, 2.24) is 0 Å². The maximum Gasteiger partial charge on any atom is 0.309 e. The largest absolute Gasteiger partial charge is 0.481 e. The second kappa shape index (κ2) is 5.52. The third-order valence-corrected chi connectivity index (χ3v) is 3.18.